The Bertz CT molecular complexity index is 617. The Labute approximate surface area is 117 Å². The maximum Gasteiger partial charge on any atom is 0.261 e. The number of aryl methyl sites for hydroxylation is 2. The number of benzene rings is 1. The molecule has 1 aromatic heterocycles. The number of hydrogen-bond donors (Lipinski definition) is 2. The Morgan fingerprint density at radius 2 is 2.15 bits per heavy atom. The second-order valence-corrected chi connectivity index (χ2v) is 4.63. The van der Waals surface area contributed by atoms with Crippen LogP contribution in [0.5, 0.6) is 0 Å². The standard InChI is InChI=1S/C15H18N2O3/c1-4-12-14(10(3)20-17-12)15(19)16-13-8-6-5-7-11(13)9(2)18/h5-9,18H,4H2,1-3H3,(H,16,19). The van der Waals surface area contributed by atoms with Crippen LogP contribution in [0, 0.1) is 6.92 Å². The maximum atomic E-state index is 12.4. The van der Waals surface area contributed by atoms with Gasteiger partial charge in [0.05, 0.1) is 11.8 Å². The molecule has 1 amide bonds. The summed E-state index contributed by atoms with van der Waals surface area (Å²) in [6.45, 7) is 5.28. The molecule has 0 saturated carbocycles. The average molecular weight is 274 g/mol. The van der Waals surface area contributed by atoms with Gasteiger partial charge in [0.1, 0.15) is 11.3 Å². The highest BCUT2D eigenvalue weighted by atomic mass is 16.5. The van der Waals surface area contributed by atoms with E-state index in [-0.39, 0.29) is 5.91 Å². The summed E-state index contributed by atoms with van der Waals surface area (Å²) in [6.07, 6.45) is -0.0290. The summed E-state index contributed by atoms with van der Waals surface area (Å²) in [7, 11) is 0. The van der Waals surface area contributed by atoms with Crippen LogP contribution >= 0.6 is 0 Å². The van der Waals surface area contributed by atoms with Crippen molar-refractivity contribution in [2.45, 2.75) is 33.3 Å². The number of carbonyl (C=O) groups excluding carboxylic acids is 1. The summed E-state index contributed by atoms with van der Waals surface area (Å²) in [5.41, 5.74) is 2.37. The third-order valence-electron chi connectivity index (χ3n) is 3.15. The molecule has 2 aromatic rings. The number of para-hydroxylation sites is 1. The van der Waals surface area contributed by atoms with Gasteiger partial charge in [-0.1, -0.05) is 30.3 Å². The smallest absolute Gasteiger partial charge is 0.261 e. The molecule has 0 aliphatic carbocycles. The van der Waals surface area contributed by atoms with Gasteiger partial charge in [-0.15, -0.1) is 0 Å². The van der Waals surface area contributed by atoms with Gasteiger partial charge in [-0.05, 0) is 26.3 Å². The van der Waals surface area contributed by atoms with E-state index < -0.39 is 6.10 Å². The summed E-state index contributed by atoms with van der Waals surface area (Å²) >= 11 is 0. The summed E-state index contributed by atoms with van der Waals surface area (Å²) in [4.78, 5) is 12.4. The first kappa shape index (κ1) is 14.3. The van der Waals surface area contributed by atoms with Crippen molar-refractivity contribution in [1.29, 1.82) is 0 Å². The Morgan fingerprint density at radius 1 is 1.45 bits per heavy atom. The molecule has 1 aromatic carbocycles. The minimum absolute atomic E-state index is 0.270. The lowest BCUT2D eigenvalue weighted by atomic mass is 10.1. The van der Waals surface area contributed by atoms with Crippen molar-refractivity contribution < 1.29 is 14.4 Å². The molecule has 5 nitrogen and oxygen atoms in total. The number of nitrogens with zero attached hydrogens (tertiary/aromatic N) is 1. The van der Waals surface area contributed by atoms with Crippen molar-refractivity contribution >= 4 is 11.6 Å². The average Bonchev–Trinajstić information content (AvgIpc) is 2.80. The Kier molecular flexibility index (Phi) is 4.20. The molecule has 1 heterocycles. The van der Waals surface area contributed by atoms with Crippen molar-refractivity contribution in [3.8, 4) is 0 Å². The highest BCUT2D eigenvalue weighted by molar-refractivity contribution is 6.06. The predicted molar refractivity (Wildman–Crippen MR) is 75.6 cm³/mol. The zero-order chi connectivity index (χ0) is 14.7. The second-order valence-electron chi connectivity index (χ2n) is 4.63. The second kappa shape index (κ2) is 5.88. The molecular weight excluding hydrogens is 256 g/mol. The number of aliphatic hydroxyl groups is 1. The van der Waals surface area contributed by atoms with Crippen LogP contribution in [-0.2, 0) is 6.42 Å². The lowest BCUT2D eigenvalue weighted by Gasteiger charge is -2.12. The molecule has 0 saturated heterocycles. The maximum absolute atomic E-state index is 12.4. The van der Waals surface area contributed by atoms with Gasteiger partial charge in [0.15, 0.2) is 0 Å². The first-order chi connectivity index (χ1) is 9.54. The highest BCUT2D eigenvalue weighted by Gasteiger charge is 2.20. The van der Waals surface area contributed by atoms with Crippen molar-refractivity contribution in [3.05, 3.63) is 46.8 Å². The number of anilines is 1. The van der Waals surface area contributed by atoms with Gasteiger partial charge >= 0.3 is 0 Å². The number of amides is 1. The highest BCUT2D eigenvalue weighted by Crippen LogP contribution is 2.24. The summed E-state index contributed by atoms with van der Waals surface area (Å²) in [6, 6.07) is 7.17. The summed E-state index contributed by atoms with van der Waals surface area (Å²) in [5, 5.41) is 16.4. The fourth-order valence-corrected chi connectivity index (χ4v) is 2.11. The van der Waals surface area contributed by atoms with Crippen molar-refractivity contribution in [2.24, 2.45) is 0 Å². The van der Waals surface area contributed by atoms with E-state index in [9.17, 15) is 9.90 Å². The molecule has 20 heavy (non-hydrogen) atoms. The van der Waals surface area contributed by atoms with Crippen LogP contribution in [0.2, 0.25) is 0 Å². The molecule has 0 bridgehead atoms. The van der Waals surface area contributed by atoms with E-state index in [1.807, 2.05) is 19.1 Å². The molecule has 0 radical (unpaired) electrons. The molecule has 0 fully saturated rings. The molecule has 2 rings (SSSR count). The van der Waals surface area contributed by atoms with E-state index in [1.165, 1.54) is 0 Å². The lowest BCUT2D eigenvalue weighted by molar-refractivity contribution is 0.102. The van der Waals surface area contributed by atoms with Gasteiger partial charge < -0.3 is 14.9 Å². The van der Waals surface area contributed by atoms with E-state index in [0.29, 0.717) is 34.7 Å². The van der Waals surface area contributed by atoms with Crippen LogP contribution < -0.4 is 5.32 Å². The number of hydrogen-bond acceptors (Lipinski definition) is 4. The zero-order valence-electron chi connectivity index (χ0n) is 11.8. The largest absolute Gasteiger partial charge is 0.389 e. The molecular formula is C15H18N2O3. The normalized spacial score (nSPS) is 12.2. The Morgan fingerprint density at radius 3 is 2.80 bits per heavy atom. The van der Waals surface area contributed by atoms with Crippen molar-refractivity contribution in [2.75, 3.05) is 5.32 Å². The fourth-order valence-electron chi connectivity index (χ4n) is 2.11. The van der Waals surface area contributed by atoms with Gasteiger partial charge in [-0.25, -0.2) is 0 Å². The molecule has 0 spiro atoms. The van der Waals surface area contributed by atoms with Gasteiger partial charge in [0.25, 0.3) is 5.91 Å². The molecule has 0 aliphatic heterocycles. The number of nitrogens with one attached hydrogen (secondary N) is 1. The molecule has 106 valence electrons. The van der Waals surface area contributed by atoms with Crippen LogP contribution in [0.1, 0.15) is 47.3 Å². The van der Waals surface area contributed by atoms with Gasteiger partial charge in [0, 0.05) is 11.3 Å². The Balaban J connectivity index is 2.31. The first-order valence-corrected chi connectivity index (χ1v) is 6.58. The lowest BCUT2D eigenvalue weighted by Crippen LogP contribution is -2.16. The van der Waals surface area contributed by atoms with Crippen LogP contribution in [0.15, 0.2) is 28.8 Å². The number of aliphatic hydroxyl groups excluding tert-OH is 1. The molecule has 5 heteroatoms. The van der Waals surface area contributed by atoms with Crippen molar-refractivity contribution in [3.63, 3.8) is 0 Å². The Hall–Kier alpha value is -2.14. The third kappa shape index (κ3) is 2.72. The topological polar surface area (TPSA) is 75.4 Å². The number of aromatic nitrogens is 1. The third-order valence-corrected chi connectivity index (χ3v) is 3.15. The van der Waals surface area contributed by atoms with Crippen molar-refractivity contribution in [1.82, 2.24) is 5.16 Å². The fraction of sp³-hybridized carbons (Fsp3) is 0.333. The molecule has 0 aliphatic rings. The van der Waals surface area contributed by atoms with E-state index >= 15 is 0 Å². The van der Waals surface area contributed by atoms with Gasteiger partial charge in [-0.2, -0.15) is 0 Å². The van der Waals surface area contributed by atoms with E-state index in [2.05, 4.69) is 10.5 Å². The van der Waals surface area contributed by atoms with Gasteiger partial charge in [-0.3, -0.25) is 4.79 Å². The number of carbonyl (C=O) groups is 1. The van der Waals surface area contributed by atoms with E-state index in [1.54, 1.807) is 26.0 Å². The predicted octanol–water partition coefficient (Wildman–Crippen LogP) is 2.85. The van der Waals surface area contributed by atoms with Crippen LogP contribution in [0.3, 0.4) is 0 Å². The molecule has 1 atom stereocenters. The zero-order valence-corrected chi connectivity index (χ0v) is 11.8. The first-order valence-electron chi connectivity index (χ1n) is 6.58. The van der Waals surface area contributed by atoms with E-state index in [4.69, 9.17) is 4.52 Å². The minimum Gasteiger partial charge on any atom is -0.389 e. The molecule has 2 N–H and O–H groups in total. The van der Waals surface area contributed by atoms with Crippen LogP contribution in [0.25, 0.3) is 0 Å². The van der Waals surface area contributed by atoms with E-state index in [0.717, 1.165) is 0 Å². The summed E-state index contributed by atoms with van der Waals surface area (Å²) in [5.74, 6) is 0.225. The quantitative estimate of drug-likeness (QED) is 0.899. The SMILES string of the molecule is CCc1noc(C)c1C(=O)Nc1ccccc1C(C)O. The van der Waals surface area contributed by atoms with Gasteiger partial charge in [0.2, 0.25) is 0 Å². The monoisotopic (exact) mass is 274 g/mol. The number of rotatable bonds is 4. The van der Waals surface area contributed by atoms with Crippen LogP contribution in [-0.4, -0.2) is 16.2 Å². The molecule has 1 unspecified atom stereocenters. The van der Waals surface area contributed by atoms with Crippen LogP contribution in [0.4, 0.5) is 5.69 Å². The minimum atomic E-state index is -0.652. The summed E-state index contributed by atoms with van der Waals surface area (Å²) < 4.78 is 5.06.